The van der Waals surface area contributed by atoms with Gasteiger partial charge in [0.2, 0.25) is 0 Å². The van der Waals surface area contributed by atoms with Crippen LogP contribution in [-0.4, -0.2) is 37.3 Å². The maximum absolute atomic E-state index is 12.0. The highest BCUT2D eigenvalue weighted by molar-refractivity contribution is 5.31. The van der Waals surface area contributed by atoms with E-state index in [0.717, 1.165) is 25.4 Å². The number of likely N-dealkylation sites (tertiary alicyclic amines) is 1. The van der Waals surface area contributed by atoms with Crippen LogP contribution in [0, 0.1) is 0 Å². The van der Waals surface area contributed by atoms with Gasteiger partial charge in [-0.05, 0) is 29.5 Å². The van der Waals surface area contributed by atoms with Crippen molar-refractivity contribution in [3.05, 3.63) is 29.8 Å². The van der Waals surface area contributed by atoms with Gasteiger partial charge >= 0.3 is 0 Å². The number of rotatable bonds is 5. The molecule has 1 aromatic carbocycles. The minimum Gasteiger partial charge on any atom is -0.488 e. The summed E-state index contributed by atoms with van der Waals surface area (Å²) in [4.78, 5) is 2.23. The molecule has 0 aromatic heterocycles. The Hall–Kier alpha value is -1.09. The Bertz CT molecular complexity index is 390. The molecule has 106 valence electrons. The number of hydrogen-bond donors (Lipinski definition) is 0. The summed E-state index contributed by atoms with van der Waals surface area (Å²) in [6.07, 6.45) is 0.896. The molecule has 0 saturated carbocycles. The van der Waals surface area contributed by atoms with E-state index in [1.165, 1.54) is 5.56 Å². The molecule has 0 atom stereocenters. The summed E-state index contributed by atoms with van der Waals surface area (Å²) < 4.78 is 17.9. The molecule has 0 aliphatic carbocycles. The Morgan fingerprint density at radius 1 is 1.21 bits per heavy atom. The summed E-state index contributed by atoms with van der Waals surface area (Å²) in [6, 6.07) is 8.36. The van der Waals surface area contributed by atoms with E-state index in [4.69, 9.17) is 4.74 Å². The van der Waals surface area contributed by atoms with Crippen LogP contribution < -0.4 is 4.74 Å². The molecule has 1 saturated heterocycles. The number of hydrogen-bond acceptors (Lipinski definition) is 2. The molecule has 3 heteroatoms. The van der Waals surface area contributed by atoms with Crippen molar-refractivity contribution < 1.29 is 9.13 Å². The Morgan fingerprint density at radius 2 is 1.84 bits per heavy atom. The second kappa shape index (κ2) is 5.91. The summed E-state index contributed by atoms with van der Waals surface area (Å²) in [6.45, 7) is 9.07. The second-order valence-corrected chi connectivity index (χ2v) is 6.32. The molecule has 2 nitrogen and oxygen atoms in total. The summed E-state index contributed by atoms with van der Waals surface area (Å²) in [5, 5.41) is 0. The fraction of sp³-hybridized carbons (Fsp3) is 0.625. The lowest BCUT2D eigenvalue weighted by atomic mass is 9.87. The van der Waals surface area contributed by atoms with E-state index < -0.39 is 0 Å². The Morgan fingerprint density at radius 3 is 2.37 bits per heavy atom. The third-order valence-electron chi connectivity index (χ3n) is 3.55. The number of benzene rings is 1. The first-order chi connectivity index (χ1) is 8.99. The van der Waals surface area contributed by atoms with E-state index in [9.17, 15) is 4.39 Å². The van der Waals surface area contributed by atoms with E-state index in [2.05, 4.69) is 37.8 Å². The van der Waals surface area contributed by atoms with Gasteiger partial charge < -0.3 is 4.74 Å². The van der Waals surface area contributed by atoms with E-state index in [0.29, 0.717) is 6.42 Å². The van der Waals surface area contributed by atoms with Crippen LogP contribution in [0.1, 0.15) is 32.8 Å². The molecule has 0 bridgehead atoms. The molecule has 0 spiro atoms. The van der Waals surface area contributed by atoms with Crippen molar-refractivity contribution in [2.24, 2.45) is 0 Å². The van der Waals surface area contributed by atoms with Crippen LogP contribution in [-0.2, 0) is 5.41 Å². The van der Waals surface area contributed by atoms with Gasteiger partial charge in [0, 0.05) is 19.6 Å². The van der Waals surface area contributed by atoms with Gasteiger partial charge in [0.05, 0.1) is 6.67 Å². The average molecular weight is 265 g/mol. The number of nitrogens with zero attached hydrogens (tertiary/aromatic N) is 1. The first-order valence-electron chi connectivity index (χ1n) is 7.04. The molecule has 1 fully saturated rings. The van der Waals surface area contributed by atoms with Gasteiger partial charge in [-0.25, -0.2) is 0 Å². The van der Waals surface area contributed by atoms with Crippen molar-refractivity contribution in [2.45, 2.75) is 38.7 Å². The van der Waals surface area contributed by atoms with Crippen LogP contribution in [0.3, 0.4) is 0 Å². The highest BCUT2D eigenvalue weighted by Crippen LogP contribution is 2.25. The largest absolute Gasteiger partial charge is 0.488 e. The van der Waals surface area contributed by atoms with Crippen LogP contribution in [0.4, 0.5) is 4.39 Å². The smallest absolute Gasteiger partial charge is 0.124 e. The molecule has 0 amide bonds. The van der Waals surface area contributed by atoms with E-state index >= 15 is 0 Å². The van der Waals surface area contributed by atoms with Crippen molar-refractivity contribution in [1.29, 1.82) is 0 Å². The molecule has 0 N–H and O–H groups in total. The van der Waals surface area contributed by atoms with Crippen LogP contribution in [0.2, 0.25) is 0 Å². The van der Waals surface area contributed by atoms with Gasteiger partial charge in [0.25, 0.3) is 0 Å². The van der Waals surface area contributed by atoms with Crippen molar-refractivity contribution in [1.82, 2.24) is 4.90 Å². The molecular weight excluding hydrogens is 241 g/mol. The summed E-state index contributed by atoms with van der Waals surface area (Å²) in [7, 11) is 0. The Kier molecular flexibility index (Phi) is 4.46. The minimum atomic E-state index is -0.226. The Balaban J connectivity index is 1.79. The standard InChI is InChI=1S/C16H24FNO/c1-16(2,3)13-5-7-14(8-6-13)19-15-11-18(12-15)10-4-9-17/h5-8,15H,4,9-12H2,1-3H3. The maximum atomic E-state index is 12.0. The Labute approximate surface area is 115 Å². The first-order valence-corrected chi connectivity index (χ1v) is 7.04. The third kappa shape index (κ3) is 3.93. The highest BCUT2D eigenvalue weighted by atomic mass is 19.1. The lowest BCUT2D eigenvalue weighted by Gasteiger charge is -2.38. The topological polar surface area (TPSA) is 12.5 Å². The zero-order valence-electron chi connectivity index (χ0n) is 12.2. The predicted molar refractivity (Wildman–Crippen MR) is 76.6 cm³/mol. The van der Waals surface area contributed by atoms with Crippen LogP contribution >= 0.6 is 0 Å². The van der Waals surface area contributed by atoms with Gasteiger partial charge in [-0.3, -0.25) is 9.29 Å². The fourth-order valence-corrected chi connectivity index (χ4v) is 2.29. The molecule has 1 aromatic rings. The van der Waals surface area contributed by atoms with Crippen molar-refractivity contribution in [2.75, 3.05) is 26.3 Å². The quantitative estimate of drug-likeness (QED) is 0.809. The summed E-state index contributed by atoms with van der Waals surface area (Å²) in [5.41, 5.74) is 1.50. The fourth-order valence-electron chi connectivity index (χ4n) is 2.29. The monoisotopic (exact) mass is 265 g/mol. The van der Waals surface area contributed by atoms with Crippen molar-refractivity contribution in [3.63, 3.8) is 0 Å². The number of halogens is 1. The lowest BCUT2D eigenvalue weighted by molar-refractivity contribution is 0.0184. The van der Waals surface area contributed by atoms with Crippen LogP contribution in [0.15, 0.2) is 24.3 Å². The van der Waals surface area contributed by atoms with Crippen molar-refractivity contribution >= 4 is 0 Å². The number of alkyl halides is 1. The molecule has 19 heavy (non-hydrogen) atoms. The third-order valence-corrected chi connectivity index (χ3v) is 3.55. The molecular formula is C16H24FNO. The molecule has 0 unspecified atom stereocenters. The van der Waals surface area contributed by atoms with Gasteiger partial charge in [-0.1, -0.05) is 32.9 Å². The zero-order chi connectivity index (χ0) is 13.9. The van der Waals surface area contributed by atoms with Crippen LogP contribution in [0.25, 0.3) is 0 Å². The van der Waals surface area contributed by atoms with Gasteiger partial charge in [0.1, 0.15) is 11.9 Å². The first kappa shape index (κ1) is 14.3. The zero-order valence-corrected chi connectivity index (χ0v) is 12.2. The SMILES string of the molecule is CC(C)(C)c1ccc(OC2CN(CCCF)C2)cc1. The second-order valence-electron chi connectivity index (χ2n) is 6.32. The summed E-state index contributed by atoms with van der Waals surface area (Å²) in [5.74, 6) is 0.933. The average Bonchev–Trinajstić information content (AvgIpc) is 2.31. The molecule has 2 rings (SSSR count). The molecule has 1 aliphatic heterocycles. The predicted octanol–water partition coefficient (Wildman–Crippen LogP) is 3.41. The van der Waals surface area contributed by atoms with E-state index in [-0.39, 0.29) is 18.2 Å². The van der Waals surface area contributed by atoms with E-state index in [1.54, 1.807) is 0 Å². The minimum absolute atomic E-state index is 0.179. The normalized spacial score (nSPS) is 17.3. The molecule has 1 aliphatic rings. The van der Waals surface area contributed by atoms with Gasteiger partial charge in [-0.2, -0.15) is 0 Å². The van der Waals surface area contributed by atoms with Gasteiger partial charge in [0.15, 0.2) is 0 Å². The molecule has 0 radical (unpaired) electrons. The lowest BCUT2D eigenvalue weighted by Crippen LogP contribution is -2.53. The van der Waals surface area contributed by atoms with Crippen LogP contribution in [0.5, 0.6) is 5.75 Å². The number of ether oxygens (including phenoxy) is 1. The van der Waals surface area contributed by atoms with E-state index in [1.807, 2.05) is 12.1 Å². The van der Waals surface area contributed by atoms with Gasteiger partial charge in [-0.15, -0.1) is 0 Å². The molecule has 1 heterocycles. The maximum Gasteiger partial charge on any atom is 0.124 e. The van der Waals surface area contributed by atoms with Crippen molar-refractivity contribution in [3.8, 4) is 5.75 Å². The highest BCUT2D eigenvalue weighted by Gasteiger charge is 2.27. The summed E-state index contributed by atoms with van der Waals surface area (Å²) >= 11 is 0.